The zero-order valence-corrected chi connectivity index (χ0v) is 10.7. The van der Waals surface area contributed by atoms with Gasteiger partial charge in [0.05, 0.1) is 5.56 Å². The summed E-state index contributed by atoms with van der Waals surface area (Å²) >= 11 is 0. The van der Waals surface area contributed by atoms with Gasteiger partial charge in [0.1, 0.15) is 11.6 Å². The van der Waals surface area contributed by atoms with Crippen molar-refractivity contribution in [3.63, 3.8) is 0 Å². The number of phenolic OH excluding ortho intramolecular Hbond substituents is 1. The highest BCUT2D eigenvalue weighted by atomic mass is 19.1. The molecule has 2 aromatic carbocycles. The summed E-state index contributed by atoms with van der Waals surface area (Å²) in [6.45, 7) is 3.36. The third-order valence-corrected chi connectivity index (χ3v) is 2.89. The number of nitrogens with one attached hydrogen (secondary N) is 1. The van der Waals surface area contributed by atoms with Gasteiger partial charge in [-0.25, -0.2) is 4.39 Å². The molecule has 4 heteroatoms. The van der Waals surface area contributed by atoms with Crippen LogP contribution in [0, 0.1) is 19.7 Å². The monoisotopic (exact) mass is 259 g/mol. The first-order chi connectivity index (χ1) is 8.99. The Morgan fingerprint density at radius 1 is 1.16 bits per heavy atom. The summed E-state index contributed by atoms with van der Waals surface area (Å²) in [5.74, 6) is -0.899. The molecular weight excluding hydrogens is 245 g/mol. The summed E-state index contributed by atoms with van der Waals surface area (Å²) in [6.07, 6.45) is 0. The number of anilines is 1. The Balaban J connectivity index is 2.28. The molecule has 0 aliphatic heterocycles. The molecule has 0 aliphatic rings. The Hall–Kier alpha value is -2.36. The molecule has 0 unspecified atom stereocenters. The third kappa shape index (κ3) is 2.73. The molecule has 0 heterocycles. The average Bonchev–Trinajstić information content (AvgIpc) is 2.36. The maximum Gasteiger partial charge on any atom is 0.258 e. The predicted octanol–water partition coefficient (Wildman–Crippen LogP) is 3.40. The van der Waals surface area contributed by atoms with E-state index in [1.54, 1.807) is 32.0 Å². The number of aryl methyl sites for hydroxylation is 2. The molecule has 2 aromatic rings. The summed E-state index contributed by atoms with van der Waals surface area (Å²) in [7, 11) is 0. The molecule has 0 radical (unpaired) electrons. The number of phenols is 1. The number of halogens is 1. The summed E-state index contributed by atoms with van der Waals surface area (Å²) < 4.78 is 13.8. The molecule has 0 aliphatic carbocycles. The largest absolute Gasteiger partial charge is 0.508 e. The first kappa shape index (κ1) is 13.1. The summed E-state index contributed by atoms with van der Waals surface area (Å²) in [4.78, 5) is 12.0. The highest BCUT2D eigenvalue weighted by Gasteiger charge is 2.14. The van der Waals surface area contributed by atoms with Crippen molar-refractivity contribution in [2.45, 2.75) is 13.8 Å². The van der Waals surface area contributed by atoms with Gasteiger partial charge in [0.2, 0.25) is 0 Å². The van der Waals surface area contributed by atoms with Crippen LogP contribution in [0.1, 0.15) is 21.5 Å². The summed E-state index contributed by atoms with van der Waals surface area (Å²) in [5.41, 5.74) is 1.69. The van der Waals surface area contributed by atoms with Crippen molar-refractivity contribution in [3.05, 3.63) is 58.9 Å². The van der Waals surface area contributed by atoms with Gasteiger partial charge in [-0.3, -0.25) is 4.79 Å². The third-order valence-electron chi connectivity index (χ3n) is 2.89. The molecule has 0 atom stereocenters. The Morgan fingerprint density at radius 3 is 2.58 bits per heavy atom. The number of hydrogen-bond acceptors (Lipinski definition) is 2. The van der Waals surface area contributed by atoms with Gasteiger partial charge in [0.25, 0.3) is 5.91 Å². The fourth-order valence-electron chi connectivity index (χ4n) is 1.80. The smallest absolute Gasteiger partial charge is 0.258 e. The van der Waals surface area contributed by atoms with Crippen LogP contribution in [-0.4, -0.2) is 11.0 Å². The summed E-state index contributed by atoms with van der Waals surface area (Å²) in [5, 5.41) is 11.9. The van der Waals surface area contributed by atoms with Crippen LogP contribution in [0.2, 0.25) is 0 Å². The van der Waals surface area contributed by atoms with Gasteiger partial charge in [0.15, 0.2) is 0 Å². The van der Waals surface area contributed by atoms with Crippen molar-refractivity contribution in [2.75, 3.05) is 5.32 Å². The molecule has 1 amide bonds. The maximum atomic E-state index is 13.8. The van der Waals surface area contributed by atoms with E-state index in [4.69, 9.17) is 0 Å². The van der Waals surface area contributed by atoms with Gasteiger partial charge >= 0.3 is 0 Å². The van der Waals surface area contributed by atoms with E-state index in [1.807, 2.05) is 0 Å². The number of hydrogen-bond donors (Lipinski definition) is 2. The minimum Gasteiger partial charge on any atom is -0.508 e. The molecule has 0 aromatic heterocycles. The van der Waals surface area contributed by atoms with Crippen molar-refractivity contribution in [3.8, 4) is 5.75 Å². The predicted molar refractivity (Wildman–Crippen MR) is 71.9 cm³/mol. The van der Waals surface area contributed by atoms with Crippen LogP contribution in [0.15, 0.2) is 36.4 Å². The highest BCUT2D eigenvalue weighted by Crippen LogP contribution is 2.21. The Kier molecular flexibility index (Phi) is 3.51. The Bertz CT molecular complexity index is 638. The lowest BCUT2D eigenvalue weighted by molar-refractivity contribution is 0.102. The highest BCUT2D eigenvalue weighted by molar-refractivity contribution is 6.05. The Morgan fingerprint density at radius 2 is 1.89 bits per heavy atom. The topological polar surface area (TPSA) is 49.3 Å². The van der Waals surface area contributed by atoms with Crippen molar-refractivity contribution in [1.82, 2.24) is 0 Å². The minimum atomic E-state index is -0.517. The lowest BCUT2D eigenvalue weighted by atomic mass is 10.1. The average molecular weight is 259 g/mol. The molecule has 2 rings (SSSR count). The van der Waals surface area contributed by atoms with Crippen molar-refractivity contribution in [2.24, 2.45) is 0 Å². The molecule has 98 valence electrons. The normalized spacial score (nSPS) is 10.3. The molecule has 3 nitrogen and oxygen atoms in total. The number of benzene rings is 2. The lowest BCUT2D eigenvalue weighted by Crippen LogP contribution is -2.15. The van der Waals surface area contributed by atoms with Crippen LogP contribution in [-0.2, 0) is 0 Å². The second-order valence-electron chi connectivity index (χ2n) is 4.39. The Labute approximate surface area is 110 Å². The quantitative estimate of drug-likeness (QED) is 0.812. The van der Waals surface area contributed by atoms with E-state index in [1.165, 1.54) is 18.2 Å². The first-order valence-electron chi connectivity index (χ1n) is 5.85. The fraction of sp³-hybridized carbons (Fsp3) is 0.133. The van der Waals surface area contributed by atoms with Crippen LogP contribution in [0.25, 0.3) is 0 Å². The number of amides is 1. The van der Waals surface area contributed by atoms with E-state index in [2.05, 4.69) is 5.32 Å². The molecule has 0 saturated heterocycles. The molecule has 19 heavy (non-hydrogen) atoms. The molecule has 0 fully saturated rings. The van der Waals surface area contributed by atoms with Gasteiger partial charge in [-0.2, -0.15) is 0 Å². The van der Waals surface area contributed by atoms with Gasteiger partial charge < -0.3 is 10.4 Å². The van der Waals surface area contributed by atoms with E-state index in [0.717, 1.165) is 0 Å². The van der Waals surface area contributed by atoms with Crippen molar-refractivity contribution < 1.29 is 14.3 Å². The zero-order valence-electron chi connectivity index (χ0n) is 10.7. The van der Waals surface area contributed by atoms with Crippen LogP contribution in [0.3, 0.4) is 0 Å². The molecular formula is C15H14FNO2. The molecule has 0 bridgehead atoms. The molecule has 0 spiro atoms. The SMILES string of the molecule is Cc1cc(O)ccc1NC(=O)c1cccc(C)c1F. The maximum absolute atomic E-state index is 13.8. The van der Waals surface area contributed by atoms with Crippen LogP contribution in [0.5, 0.6) is 5.75 Å². The van der Waals surface area contributed by atoms with Crippen LogP contribution >= 0.6 is 0 Å². The lowest BCUT2D eigenvalue weighted by Gasteiger charge is -2.10. The van der Waals surface area contributed by atoms with Crippen molar-refractivity contribution in [1.29, 1.82) is 0 Å². The van der Waals surface area contributed by atoms with E-state index < -0.39 is 11.7 Å². The number of carbonyl (C=O) groups is 1. The van der Waals surface area contributed by atoms with E-state index in [-0.39, 0.29) is 11.3 Å². The van der Waals surface area contributed by atoms with Gasteiger partial charge in [-0.05, 0) is 49.2 Å². The minimum absolute atomic E-state index is 0.00692. The number of aromatic hydroxyl groups is 1. The number of rotatable bonds is 2. The number of carbonyl (C=O) groups excluding carboxylic acids is 1. The first-order valence-corrected chi connectivity index (χ1v) is 5.85. The zero-order chi connectivity index (χ0) is 14.0. The molecule has 0 saturated carbocycles. The second-order valence-corrected chi connectivity index (χ2v) is 4.39. The van der Waals surface area contributed by atoms with Crippen LogP contribution < -0.4 is 5.32 Å². The summed E-state index contributed by atoms with van der Waals surface area (Å²) in [6, 6.07) is 9.26. The van der Waals surface area contributed by atoms with Crippen molar-refractivity contribution >= 4 is 11.6 Å². The molecule has 2 N–H and O–H groups in total. The second kappa shape index (κ2) is 5.10. The van der Waals surface area contributed by atoms with Gasteiger partial charge in [0, 0.05) is 5.69 Å². The van der Waals surface area contributed by atoms with Gasteiger partial charge in [-0.1, -0.05) is 12.1 Å². The van der Waals surface area contributed by atoms with Gasteiger partial charge in [-0.15, -0.1) is 0 Å². The van der Waals surface area contributed by atoms with Crippen LogP contribution in [0.4, 0.5) is 10.1 Å². The fourth-order valence-corrected chi connectivity index (χ4v) is 1.80. The van der Waals surface area contributed by atoms with E-state index in [0.29, 0.717) is 16.8 Å². The van der Waals surface area contributed by atoms with E-state index >= 15 is 0 Å². The van der Waals surface area contributed by atoms with E-state index in [9.17, 15) is 14.3 Å². The standard InChI is InChI=1S/C15H14FNO2/c1-9-4-3-5-12(14(9)16)15(19)17-13-7-6-11(18)8-10(13)2/h3-8,18H,1-2H3,(H,17,19).